The van der Waals surface area contributed by atoms with Crippen LogP contribution >= 0.6 is 0 Å². The lowest BCUT2D eigenvalue weighted by molar-refractivity contribution is -0.142. The van der Waals surface area contributed by atoms with Gasteiger partial charge in [-0.05, 0) is 86.3 Å². The molecule has 0 atom stereocenters. The van der Waals surface area contributed by atoms with Crippen molar-refractivity contribution in [2.45, 2.75) is 115 Å². The first kappa shape index (κ1) is 27.2. The SMILES string of the molecule is CCCC=CCCCC1CCC(CCC2CCC(c3cc(F)c(C(F)(F)F)c(F)c3)CC2)CC1. The highest BCUT2D eigenvalue weighted by Crippen LogP contribution is 2.42. The van der Waals surface area contributed by atoms with Gasteiger partial charge in [-0.3, -0.25) is 0 Å². The first-order valence-corrected chi connectivity index (χ1v) is 13.5. The summed E-state index contributed by atoms with van der Waals surface area (Å²) in [6.07, 6.45) is 17.4. The van der Waals surface area contributed by atoms with Crippen molar-refractivity contribution in [1.29, 1.82) is 0 Å². The van der Waals surface area contributed by atoms with Gasteiger partial charge in [-0.25, -0.2) is 8.78 Å². The van der Waals surface area contributed by atoms with Gasteiger partial charge in [0.2, 0.25) is 0 Å². The highest BCUT2D eigenvalue weighted by molar-refractivity contribution is 5.30. The predicted octanol–water partition coefficient (Wildman–Crippen LogP) is 10.4. The van der Waals surface area contributed by atoms with Gasteiger partial charge in [-0.15, -0.1) is 0 Å². The smallest absolute Gasteiger partial charge is 0.206 e. The van der Waals surface area contributed by atoms with Crippen molar-refractivity contribution in [2.24, 2.45) is 17.8 Å². The van der Waals surface area contributed by atoms with Crippen molar-refractivity contribution in [3.8, 4) is 0 Å². The molecule has 1 aromatic carbocycles. The topological polar surface area (TPSA) is 0 Å². The average molecular weight is 485 g/mol. The average Bonchev–Trinajstić information content (AvgIpc) is 2.79. The van der Waals surface area contributed by atoms with Crippen LogP contribution in [0.3, 0.4) is 0 Å². The molecule has 0 radical (unpaired) electrons. The lowest BCUT2D eigenvalue weighted by atomic mass is 9.74. The van der Waals surface area contributed by atoms with Gasteiger partial charge < -0.3 is 0 Å². The Labute approximate surface area is 202 Å². The van der Waals surface area contributed by atoms with Crippen LogP contribution in [-0.2, 0) is 6.18 Å². The number of allylic oxidation sites excluding steroid dienone is 2. The summed E-state index contributed by atoms with van der Waals surface area (Å²) in [6.45, 7) is 2.21. The minimum Gasteiger partial charge on any atom is -0.206 e. The van der Waals surface area contributed by atoms with Gasteiger partial charge in [0.05, 0.1) is 0 Å². The van der Waals surface area contributed by atoms with E-state index >= 15 is 0 Å². The van der Waals surface area contributed by atoms with Crippen molar-refractivity contribution < 1.29 is 22.0 Å². The monoisotopic (exact) mass is 484 g/mol. The molecule has 0 unspecified atom stereocenters. The summed E-state index contributed by atoms with van der Waals surface area (Å²) in [6, 6.07) is 1.80. The van der Waals surface area contributed by atoms with Gasteiger partial charge in [-0.2, -0.15) is 13.2 Å². The van der Waals surface area contributed by atoms with Crippen molar-refractivity contribution >= 4 is 0 Å². The highest BCUT2D eigenvalue weighted by Gasteiger charge is 2.38. The summed E-state index contributed by atoms with van der Waals surface area (Å²) in [5.74, 6) is -0.670. The third kappa shape index (κ3) is 8.09. The van der Waals surface area contributed by atoms with Gasteiger partial charge in [0.15, 0.2) is 0 Å². The maximum atomic E-state index is 14.0. The predicted molar refractivity (Wildman–Crippen MR) is 129 cm³/mol. The zero-order valence-electron chi connectivity index (χ0n) is 20.6. The molecule has 2 fully saturated rings. The maximum Gasteiger partial charge on any atom is 0.422 e. The van der Waals surface area contributed by atoms with Crippen LogP contribution in [0.5, 0.6) is 0 Å². The van der Waals surface area contributed by atoms with E-state index in [1.54, 1.807) is 0 Å². The molecule has 0 spiro atoms. The molecule has 2 aliphatic rings. The zero-order chi connectivity index (χ0) is 24.6. The van der Waals surface area contributed by atoms with Crippen molar-refractivity contribution in [1.82, 2.24) is 0 Å². The molecular formula is C29H41F5. The van der Waals surface area contributed by atoms with E-state index in [0.29, 0.717) is 11.5 Å². The lowest BCUT2D eigenvalue weighted by Gasteiger charge is -2.32. The Balaban J connectivity index is 1.34. The number of hydrogen-bond acceptors (Lipinski definition) is 0. The third-order valence-electron chi connectivity index (χ3n) is 8.22. The molecule has 0 amide bonds. The Morgan fingerprint density at radius 2 is 1.21 bits per heavy atom. The molecule has 0 heterocycles. The summed E-state index contributed by atoms with van der Waals surface area (Å²) in [4.78, 5) is 0. The number of benzene rings is 1. The second-order valence-electron chi connectivity index (χ2n) is 10.7. The molecule has 0 aliphatic heterocycles. The number of rotatable bonds is 10. The molecule has 5 heteroatoms. The van der Waals surface area contributed by atoms with Crippen LogP contribution in [-0.4, -0.2) is 0 Å². The summed E-state index contributed by atoms with van der Waals surface area (Å²) >= 11 is 0. The van der Waals surface area contributed by atoms with Crippen molar-refractivity contribution in [2.75, 3.05) is 0 Å². The standard InChI is InChI=1S/C29H41F5/c1-2-3-4-5-6-7-8-21-9-11-22(12-10-21)13-14-23-15-17-24(18-16-23)25-19-26(30)28(27(31)20-25)29(32,33)34/h4-5,19-24H,2-3,6-18H2,1H3. The second-order valence-corrected chi connectivity index (χ2v) is 10.7. The van der Waals surface area contributed by atoms with Gasteiger partial charge >= 0.3 is 6.18 Å². The molecule has 0 N–H and O–H groups in total. The van der Waals surface area contributed by atoms with Gasteiger partial charge in [0, 0.05) is 0 Å². The van der Waals surface area contributed by atoms with Crippen LogP contribution in [0.1, 0.15) is 120 Å². The van der Waals surface area contributed by atoms with Gasteiger partial charge in [-0.1, -0.05) is 70.4 Å². The molecule has 0 aromatic heterocycles. The van der Waals surface area contributed by atoms with E-state index in [1.807, 2.05) is 0 Å². The van der Waals surface area contributed by atoms with Crippen LogP contribution in [0.25, 0.3) is 0 Å². The van der Waals surface area contributed by atoms with E-state index in [1.165, 1.54) is 70.6 Å². The van der Waals surface area contributed by atoms with Crippen LogP contribution in [0.15, 0.2) is 24.3 Å². The number of unbranched alkanes of at least 4 members (excludes halogenated alkanes) is 2. The summed E-state index contributed by atoms with van der Waals surface area (Å²) in [5.41, 5.74) is -1.40. The van der Waals surface area contributed by atoms with Crippen LogP contribution in [0, 0.1) is 29.4 Å². The fourth-order valence-corrected chi connectivity index (χ4v) is 6.09. The van der Waals surface area contributed by atoms with E-state index in [0.717, 1.165) is 49.7 Å². The molecule has 1 aromatic rings. The molecular weight excluding hydrogens is 443 g/mol. The quantitative estimate of drug-likeness (QED) is 0.176. The van der Waals surface area contributed by atoms with E-state index in [-0.39, 0.29) is 5.92 Å². The maximum absolute atomic E-state index is 14.0. The molecule has 2 aliphatic carbocycles. The third-order valence-corrected chi connectivity index (χ3v) is 8.22. The molecule has 192 valence electrons. The van der Waals surface area contributed by atoms with Crippen LogP contribution < -0.4 is 0 Å². The molecule has 2 saturated carbocycles. The first-order valence-electron chi connectivity index (χ1n) is 13.5. The van der Waals surface area contributed by atoms with Crippen LogP contribution in [0.4, 0.5) is 22.0 Å². The summed E-state index contributed by atoms with van der Waals surface area (Å²) < 4.78 is 66.4. The van der Waals surface area contributed by atoms with E-state index in [9.17, 15) is 22.0 Å². The number of alkyl halides is 3. The minimum absolute atomic E-state index is 0.0465. The molecule has 34 heavy (non-hydrogen) atoms. The Morgan fingerprint density at radius 1 is 0.735 bits per heavy atom. The lowest BCUT2D eigenvalue weighted by Crippen LogP contribution is -2.18. The van der Waals surface area contributed by atoms with Crippen LogP contribution in [0.2, 0.25) is 0 Å². The fourth-order valence-electron chi connectivity index (χ4n) is 6.09. The van der Waals surface area contributed by atoms with Gasteiger partial charge in [0.25, 0.3) is 0 Å². The zero-order valence-corrected chi connectivity index (χ0v) is 20.6. The fraction of sp³-hybridized carbons (Fsp3) is 0.724. The Bertz CT molecular complexity index is 742. The molecule has 0 bridgehead atoms. The number of hydrogen-bond donors (Lipinski definition) is 0. The largest absolute Gasteiger partial charge is 0.422 e. The van der Waals surface area contributed by atoms with Crippen molar-refractivity contribution in [3.63, 3.8) is 0 Å². The Kier molecular flexibility index (Phi) is 10.5. The minimum atomic E-state index is -5.00. The van der Waals surface area contributed by atoms with E-state index in [4.69, 9.17) is 0 Å². The summed E-state index contributed by atoms with van der Waals surface area (Å²) in [5, 5.41) is 0. The Morgan fingerprint density at radius 3 is 1.71 bits per heavy atom. The molecule has 0 nitrogen and oxygen atoms in total. The second kappa shape index (κ2) is 13.1. The van der Waals surface area contributed by atoms with Gasteiger partial charge in [0.1, 0.15) is 17.2 Å². The Hall–Kier alpha value is -1.39. The van der Waals surface area contributed by atoms with E-state index in [2.05, 4.69) is 19.1 Å². The summed E-state index contributed by atoms with van der Waals surface area (Å²) in [7, 11) is 0. The highest BCUT2D eigenvalue weighted by atomic mass is 19.4. The first-order chi connectivity index (χ1) is 16.3. The molecule has 0 saturated heterocycles. The normalized spacial score (nSPS) is 26.3. The van der Waals surface area contributed by atoms with E-state index < -0.39 is 23.4 Å². The molecule has 3 rings (SSSR count). The number of halogens is 5. The van der Waals surface area contributed by atoms with Crippen molar-refractivity contribution in [3.05, 3.63) is 47.0 Å².